The Balaban J connectivity index is 1.76. The standard InChI is InChI=1S/C25H24N2O2/c1-3-26(16-19-11-5-4-10-18(19)2)24(28)17-27-22-14-8-6-12-20(22)25(29)21-13-7-9-15-23(21)27/h4-15H,3,16-17H2,1-2H3. The van der Waals surface area contributed by atoms with Crippen molar-refractivity contribution in [1.82, 2.24) is 9.47 Å². The van der Waals surface area contributed by atoms with E-state index < -0.39 is 0 Å². The molecule has 0 atom stereocenters. The van der Waals surface area contributed by atoms with Gasteiger partial charge in [0, 0.05) is 23.9 Å². The zero-order valence-electron chi connectivity index (χ0n) is 16.8. The third-order valence-electron chi connectivity index (χ3n) is 5.53. The van der Waals surface area contributed by atoms with Crippen LogP contribution in [0, 0.1) is 6.92 Å². The molecule has 1 aromatic heterocycles. The Hall–Kier alpha value is -3.40. The number of rotatable bonds is 5. The lowest BCUT2D eigenvalue weighted by Crippen LogP contribution is -2.34. The molecule has 146 valence electrons. The largest absolute Gasteiger partial charge is 0.337 e. The smallest absolute Gasteiger partial charge is 0.242 e. The van der Waals surface area contributed by atoms with Crippen molar-refractivity contribution in [2.24, 2.45) is 0 Å². The number of nitrogens with zero attached hydrogens (tertiary/aromatic N) is 2. The van der Waals surface area contributed by atoms with Gasteiger partial charge in [0.15, 0.2) is 5.43 Å². The maximum Gasteiger partial charge on any atom is 0.242 e. The number of likely N-dealkylation sites (N-methyl/N-ethyl adjacent to an activating group) is 1. The van der Waals surface area contributed by atoms with Crippen LogP contribution in [0.4, 0.5) is 0 Å². The first-order chi connectivity index (χ1) is 14.1. The van der Waals surface area contributed by atoms with E-state index >= 15 is 0 Å². The summed E-state index contributed by atoms with van der Waals surface area (Å²) < 4.78 is 1.97. The van der Waals surface area contributed by atoms with Crippen LogP contribution in [0.1, 0.15) is 18.1 Å². The van der Waals surface area contributed by atoms with Crippen molar-refractivity contribution in [2.45, 2.75) is 26.9 Å². The van der Waals surface area contributed by atoms with Crippen LogP contribution >= 0.6 is 0 Å². The number of benzene rings is 3. The van der Waals surface area contributed by atoms with Gasteiger partial charge in [-0.1, -0.05) is 48.5 Å². The van der Waals surface area contributed by atoms with Crippen LogP contribution in [0.15, 0.2) is 77.6 Å². The summed E-state index contributed by atoms with van der Waals surface area (Å²) in [6.45, 7) is 5.47. The van der Waals surface area contributed by atoms with E-state index in [0.717, 1.165) is 16.6 Å². The van der Waals surface area contributed by atoms with Gasteiger partial charge in [0.25, 0.3) is 0 Å². The molecule has 0 N–H and O–H groups in total. The number of carbonyl (C=O) groups excluding carboxylic acids is 1. The Morgan fingerprint density at radius 1 is 0.862 bits per heavy atom. The molecule has 0 radical (unpaired) electrons. The zero-order valence-corrected chi connectivity index (χ0v) is 16.8. The number of amides is 1. The molecule has 1 amide bonds. The first-order valence-corrected chi connectivity index (χ1v) is 9.92. The summed E-state index contributed by atoms with van der Waals surface area (Å²) in [5.41, 5.74) is 3.91. The minimum Gasteiger partial charge on any atom is -0.337 e. The fraction of sp³-hybridized carbons (Fsp3) is 0.200. The van der Waals surface area contributed by atoms with Crippen LogP contribution in [-0.2, 0) is 17.9 Å². The Kier molecular flexibility index (Phi) is 5.17. The lowest BCUT2D eigenvalue weighted by Gasteiger charge is -2.24. The van der Waals surface area contributed by atoms with Crippen LogP contribution in [-0.4, -0.2) is 21.9 Å². The van der Waals surface area contributed by atoms with E-state index in [2.05, 4.69) is 19.1 Å². The van der Waals surface area contributed by atoms with Gasteiger partial charge in [0.1, 0.15) is 6.54 Å². The number of para-hydroxylation sites is 2. The van der Waals surface area contributed by atoms with E-state index in [1.165, 1.54) is 5.56 Å². The second-order valence-electron chi connectivity index (χ2n) is 7.28. The summed E-state index contributed by atoms with van der Waals surface area (Å²) in [7, 11) is 0. The summed E-state index contributed by atoms with van der Waals surface area (Å²) in [5.74, 6) is 0.0368. The number of pyridine rings is 1. The molecule has 1 heterocycles. The monoisotopic (exact) mass is 384 g/mol. The lowest BCUT2D eigenvalue weighted by atomic mass is 10.1. The fourth-order valence-electron chi connectivity index (χ4n) is 3.85. The van der Waals surface area contributed by atoms with Crippen molar-refractivity contribution in [3.05, 3.63) is 94.1 Å². The topological polar surface area (TPSA) is 42.3 Å². The first-order valence-electron chi connectivity index (χ1n) is 9.92. The molecule has 0 bridgehead atoms. The van der Waals surface area contributed by atoms with Crippen molar-refractivity contribution in [2.75, 3.05) is 6.54 Å². The second kappa shape index (κ2) is 7.92. The Morgan fingerprint density at radius 3 is 2.00 bits per heavy atom. The highest BCUT2D eigenvalue weighted by molar-refractivity contribution is 5.94. The molecular formula is C25H24N2O2. The predicted octanol–water partition coefficient (Wildman–Crippen LogP) is 4.51. The van der Waals surface area contributed by atoms with Crippen molar-refractivity contribution < 1.29 is 4.79 Å². The molecule has 0 aliphatic rings. The maximum atomic E-state index is 13.3. The lowest BCUT2D eigenvalue weighted by molar-refractivity contribution is -0.132. The Labute approximate surface area is 170 Å². The van der Waals surface area contributed by atoms with E-state index in [-0.39, 0.29) is 17.9 Å². The minimum absolute atomic E-state index is 0.00663. The molecule has 0 saturated carbocycles. The molecular weight excluding hydrogens is 360 g/mol. The van der Waals surface area contributed by atoms with Crippen molar-refractivity contribution in [3.63, 3.8) is 0 Å². The van der Waals surface area contributed by atoms with E-state index in [1.54, 1.807) is 0 Å². The summed E-state index contributed by atoms with van der Waals surface area (Å²) in [6.07, 6.45) is 0. The summed E-state index contributed by atoms with van der Waals surface area (Å²) >= 11 is 0. The number of aryl methyl sites for hydroxylation is 1. The van der Waals surface area contributed by atoms with Gasteiger partial charge in [-0.2, -0.15) is 0 Å². The van der Waals surface area contributed by atoms with Gasteiger partial charge in [0.05, 0.1) is 11.0 Å². The van der Waals surface area contributed by atoms with Crippen molar-refractivity contribution in [3.8, 4) is 0 Å². The van der Waals surface area contributed by atoms with Crippen LogP contribution in [0.25, 0.3) is 21.8 Å². The molecule has 4 aromatic rings. The molecule has 4 nitrogen and oxygen atoms in total. The van der Waals surface area contributed by atoms with Crippen LogP contribution in [0.2, 0.25) is 0 Å². The Morgan fingerprint density at radius 2 is 1.41 bits per heavy atom. The van der Waals surface area contributed by atoms with Gasteiger partial charge >= 0.3 is 0 Å². The SMILES string of the molecule is CCN(Cc1ccccc1C)C(=O)Cn1c2ccccc2c(=O)c2ccccc21. The first kappa shape index (κ1) is 18.9. The highest BCUT2D eigenvalue weighted by Gasteiger charge is 2.17. The van der Waals surface area contributed by atoms with E-state index in [1.807, 2.05) is 77.1 Å². The summed E-state index contributed by atoms with van der Waals surface area (Å²) in [6, 6.07) is 23.2. The molecule has 0 aliphatic heterocycles. The van der Waals surface area contributed by atoms with Crippen molar-refractivity contribution in [1.29, 1.82) is 0 Å². The molecule has 0 saturated heterocycles. The average Bonchev–Trinajstić information content (AvgIpc) is 2.76. The summed E-state index contributed by atoms with van der Waals surface area (Å²) in [5, 5.41) is 1.28. The molecule has 0 aliphatic carbocycles. The number of hydrogen-bond acceptors (Lipinski definition) is 2. The van der Waals surface area contributed by atoms with Gasteiger partial charge in [0.2, 0.25) is 5.91 Å². The van der Waals surface area contributed by atoms with Gasteiger partial charge in [-0.25, -0.2) is 0 Å². The number of hydrogen-bond donors (Lipinski definition) is 0. The van der Waals surface area contributed by atoms with E-state index in [4.69, 9.17) is 0 Å². The highest BCUT2D eigenvalue weighted by atomic mass is 16.2. The fourth-order valence-corrected chi connectivity index (χ4v) is 3.85. The molecule has 4 heteroatoms. The van der Waals surface area contributed by atoms with Crippen LogP contribution in [0.3, 0.4) is 0 Å². The quantitative estimate of drug-likeness (QED) is 0.475. The molecule has 0 spiro atoms. The molecule has 0 unspecified atom stereocenters. The highest BCUT2D eigenvalue weighted by Crippen LogP contribution is 2.20. The molecule has 4 rings (SSSR count). The van der Waals surface area contributed by atoms with Gasteiger partial charge < -0.3 is 9.47 Å². The summed E-state index contributed by atoms with van der Waals surface area (Å²) in [4.78, 5) is 28.0. The van der Waals surface area contributed by atoms with Gasteiger partial charge in [-0.05, 0) is 49.2 Å². The second-order valence-corrected chi connectivity index (χ2v) is 7.28. The molecule has 29 heavy (non-hydrogen) atoms. The average molecular weight is 384 g/mol. The van der Waals surface area contributed by atoms with E-state index in [9.17, 15) is 9.59 Å². The number of aromatic nitrogens is 1. The third-order valence-corrected chi connectivity index (χ3v) is 5.53. The van der Waals surface area contributed by atoms with Gasteiger partial charge in [-0.3, -0.25) is 9.59 Å². The molecule has 0 fully saturated rings. The number of carbonyl (C=O) groups is 1. The van der Waals surface area contributed by atoms with Gasteiger partial charge in [-0.15, -0.1) is 0 Å². The zero-order chi connectivity index (χ0) is 20.4. The van der Waals surface area contributed by atoms with Crippen LogP contribution in [0.5, 0.6) is 0 Å². The third kappa shape index (κ3) is 3.54. The molecule has 3 aromatic carbocycles. The number of fused-ring (bicyclic) bond motifs is 2. The Bertz CT molecular complexity index is 1200. The van der Waals surface area contributed by atoms with Crippen molar-refractivity contribution >= 4 is 27.7 Å². The van der Waals surface area contributed by atoms with Crippen LogP contribution < -0.4 is 5.43 Å². The van der Waals surface area contributed by atoms with E-state index in [0.29, 0.717) is 23.9 Å². The normalized spacial score (nSPS) is 11.1. The predicted molar refractivity (Wildman–Crippen MR) is 118 cm³/mol. The maximum absolute atomic E-state index is 13.3. The minimum atomic E-state index is 0.00663.